The first-order valence-corrected chi connectivity index (χ1v) is 15.6. The third-order valence-electron chi connectivity index (χ3n) is 6.84. The van der Waals surface area contributed by atoms with Gasteiger partial charge in [-0.25, -0.2) is 18.0 Å². The van der Waals surface area contributed by atoms with Gasteiger partial charge in [0.1, 0.15) is 16.4 Å². The zero-order chi connectivity index (χ0) is 32.4. The highest BCUT2D eigenvalue weighted by atomic mass is 35.5. The summed E-state index contributed by atoms with van der Waals surface area (Å²) >= 11 is 13.2. The Morgan fingerprint density at radius 3 is 2.31 bits per heavy atom. The summed E-state index contributed by atoms with van der Waals surface area (Å²) in [5.41, 5.74) is -2.01. The van der Waals surface area contributed by atoms with E-state index >= 15 is 0 Å². The molecule has 0 saturated heterocycles. The molecule has 5 rings (SSSR count). The van der Waals surface area contributed by atoms with E-state index in [1.54, 1.807) is 49.4 Å². The lowest BCUT2D eigenvalue weighted by Gasteiger charge is -2.31. The largest absolute Gasteiger partial charge is 0.495 e. The number of halogens is 2. The van der Waals surface area contributed by atoms with Gasteiger partial charge in [0.2, 0.25) is 9.84 Å². The highest BCUT2D eigenvalue weighted by molar-refractivity contribution is 7.91. The minimum absolute atomic E-state index is 0.0317. The quantitative estimate of drug-likeness (QED) is 0.195. The lowest BCUT2D eigenvalue weighted by Crippen LogP contribution is -2.52. The van der Waals surface area contributed by atoms with Gasteiger partial charge in [-0.2, -0.15) is 0 Å². The van der Waals surface area contributed by atoms with Crippen molar-refractivity contribution in [2.45, 2.75) is 22.3 Å². The number of hydrogen-bond acceptors (Lipinski definition) is 8. The van der Waals surface area contributed by atoms with E-state index in [9.17, 15) is 22.8 Å². The van der Waals surface area contributed by atoms with Crippen LogP contribution in [0.3, 0.4) is 0 Å². The lowest BCUT2D eigenvalue weighted by molar-refractivity contribution is -0.120. The van der Waals surface area contributed by atoms with Gasteiger partial charge < -0.3 is 19.5 Å². The molecule has 232 valence electrons. The smallest absolute Gasteiger partial charge is 0.417 e. The first-order chi connectivity index (χ1) is 21.5. The molecule has 1 aliphatic rings. The second-order valence-corrected chi connectivity index (χ2v) is 12.2. The Labute approximate surface area is 268 Å². The predicted molar refractivity (Wildman–Crippen MR) is 167 cm³/mol. The third kappa shape index (κ3) is 5.87. The minimum Gasteiger partial charge on any atom is -0.495 e. The number of benzene rings is 4. The molecule has 4 aromatic carbocycles. The Balaban J connectivity index is 1.64. The zero-order valence-electron chi connectivity index (χ0n) is 23.7. The number of carbonyl (C=O) groups excluding carboxylic acids is 3. The van der Waals surface area contributed by atoms with Gasteiger partial charge in [-0.1, -0.05) is 59.6 Å². The summed E-state index contributed by atoms with van der Waals surface area (Å²) in [5.74, 6) is -0.642. The van der Waals surface area contributed by atoms with Crippen LogP contribution in [0.2, 0.25) is 10.0 Å². The van der Waals surface area contributed by atoms with Crippen molar-refractivity contribution in [2.75, 3.05) is 24.4 Å². The van der Waals surface area contributed by atoms with E-state index in [1.165, 1.54) is 49.6 Å². The molecule has 0 saturated carbocycles. The molecule has 45 heavy (non-hydrogen) atoms. The van der Waals surface area contributed by atoms with Crippen LogP contribution in [0.5, 0.6) is 11.5 Å². The molecule has 4 aromatic rings. The highest BCUT2D eigenvalue weighted by Crippen LogP contribution is 2.50. The second-order valence-electron chi connectivity index (χ2n) is 9.53. The highest BCUT2D eigenvalue weighted by Gasteiger charge is 2.54. The standard InChI is InChI=1S/C31H25Cl2N3O8S/c1-3-43-30(39)36-31(20-11-7-8-12-21(20)32)26-23(35-28(31)37)15-14-22(33)27(26)45(40,41)25-16-13-18(17-24(25)42-2)34-29(38)44-19-9-5-4-6-10-19/h4-17H,3H2,1-2H3,(H,34,38)(H,35,37)(H,36,39). The van der Waals surface area contributed by atoms with Crippen molar-refractivity contribution in [2.24, 2.45) is 0 Å². The van der Waals surface area contributed by atoms with Crippen molar-refractivity contribution in [3.63, 3.8) is 0 Å². The molecule has 1 atom stereocenters. The SMILES string of the molecule is CCOC(=O)NC1(c2ccccc2Cl)C(=O)Nc2ccc(Cl)c(S(=O)(=O)c3ccc(NC(=O)Oc4ccccc4)cc3OC)c21. The Hall–Kier alpha value is -4.78. The molecule has 0 aliphatic carbocycles. The molecule has 0 aromatic heterocycles. The number of amides is 3. The summed E-state index contributed by atoms with van der Waals surface area (Å²) < 4.78 is 44.7. The van der Waals surface area contributed by atoms with Crippen LogP contribution in [0, 0.1) is 0 Å². The summed E-state index contributed by atoms with van der Waals surface area (Å²) in [4.78, 5) is 38.3. The number of alkyl carbamates (subject to hydrolysis) is 1. The van der Waals surface area contributed by atoms with Gasteiger partial charge in [0, 0.05) is 33.6 Å². The molecule has 1 aliphatic heterocycles. The summed E-state index contributed by atoms with van der Waals surface area (Å²) in [7, 11) is -3.37. The van der Waals surface area contributed by atoms with Crippen LogP contribution in [0.1, 0.15) is 18.1 Å². The maximum atomic E-state index is 14.5. The maximum Gasteiger partial charge on any atom is 0.417 e. The fraction of sp³-hybridized carbons (Fsp3) is 0.129. The molecule has 3 N–H and O–H groups in total. The average Bonchev–Trinajstić information content (AvgIpc) is 3.28. The Bertz CT molecular complexity index is 1920. The summed E-state index contributed by atoms with van der Waals surface area (Å²) in [5, 5.41) is 7.54. The van der Waals surface area contributed by atoms with Crippen LogP contribution in [-0.4, -0.2) is 40.2 Å². The van der Waals surface area contributed by atoms with E-state index in [0.29, 0.717) is 5.75 Å². The third-order valence-corrected chi connectivity index (χ3v) is 9.47. The normalized spacial score (nSPS) is 15.4. The van der Waals surface area contributed by atoms with Crippen molar-refractivity contribution in [1.82, 2.24) is 5.32 Å². The Morgan fingerprint density at radius 2 is 1.62 bits per heavy atom. The van der Waals surface area contributed by atoms with Crippen LogP contribution in [-0.2, 0) is 24.9 Å². The summed E-state index contributed by atoms with van der Waals surface area (Å²) in [6, 6.07) is 21.1. The van der Waals surface area contributed by atoms with Gasteiger partial charge in [-0.05, 0) is 49.4 Å². The number of methoxy groups -OCH3 is 1. The zero-order valence-corrected chi connectivity index (χ0v) is 26.0. The predicted octanol–water partition coefficient (Wildman–Crippen LogP) is 6.39. The topological polar surface area (TPSA) is 149 Å². The Kier molecular flexibility index (Phi) is 8.91. The van der Waals surface area contributed by atoms with Crippen molar-refractivity contribution in [1.29, 1.82) is 0 Å². The molecule has 11 nitrogen and oxygen atoms in total. The van der Waals surface area contributed by atoms with E-state index < -0.39 is 38.4 Å². The molecule has 1 unspecified atom stereocenters. The van der Waals surface area contributed by atoms with Gasteiger partial charge >= 0.3 is 12.2 Å². The molecule has 0 spiro atoms. The van der Waals surface area contributed by atoms with Crippen LogP contribution in [0.4, 0.5) is 21.0 Å². The van der Waals surface area contributed by atoms with Crippen molar-refractivity contribution in [3.8, 4) is 11.5 Å². The van der Waals surface area contributed by atoms with E-state index in [2.05, 4.69) is 16.0 Å². The second kappa shape index (κ2) is 12.7. The number of ether oxygens (including phenoxy) is 3. The van der Waals surface area contributed by atoms with Crippen LogP contribution in [0.25, 0.3) is 0 Å². The number of fused-ring (bicyclic) bond motifs is 1. The first kappa shape index (κ1) is 31.6. The molecule has 1 heterocycles. The monoisotopic (exact) mass is 669 g/mol. The Morgan fingerprint density at radius 1 is 0.911 bits per heavy atom. The molecular weight excluding hydrogens is 645 g/mol. The summed E-state index contributed by atoms with van der Waals surface area (Å²) in [6.45, 7) is 1.54. The molecule has 0 bridgehead atoms. The number of hydrogen-bond donors (Lipinski definition) is 3. The van der Waals surface area contributed by atoms with Gasteiger partial charge in [-0.15, -0.1) is 0 Å². The number of para-hydroxylation sites is 1. The van der Waals surface area contributed by atoms with Gasteiger partial charge in [0.05, 0.1) is 23.6 Å². The van der Waals surface area contributed by atoms with Crippen LogP contribution in [0.15, 0.2) is 94.7 Å². The summed E-state index contributed by atoms with van der Waals surface area (Å²) in [6.07, 6.45) is -1.82. The lowest BCUT2D eigenvalue weighted by atomic mass is 9.83. The van der Waals surface area contributed by atoms with E-state index in [0.717, 1.165) is 0 Å². The van der Waals surface area contributed by atoms with Gasteiger partial charge in [-0.3, -0.25) is 15.4 Å². The number of anilines is 2. The maximum absolute atomic E-state index is 14.5. The van der Waals surface area contributed by atoms with Gasteiger partial charge in [0.15, 0.2) is 5.54 Å². The van der Waals surface area contributed by atoms with Crippen molar-refractivity contribution < 1.29 is 37.0 Å². The van der Waals surface area contributed by atoms with Crippen molar-refractivity contribution in [3.05, 3.63) is 106 Å². The molecule has 0 fully saturated rings. The molecular formula is C31H25Cl2N3O8S. The fourth-order valence-electron chi connectivity index (χ4n) is 4.97. The number of carbonyl (C=O) groups is 3. The molecule has 14 heteroatoms. The fourth-order valence-corrected chi connectivity index (χ4v) is 7.44. The van der Waals surface area contributed by atoms with E-state index in [1.807, 2.05) is 0 Å². The molecule has 3 amide bonds. The van der Waals surface area contributed by atoms with E-state index in [4.69, 9.17) is 37.4 Å². The number of nitrogens with one attached hydrogen (secondary N) is 3. The number of rotatable bonds is 8. The minimum atomic E-state index is -4.62. The molecule has 0 radical (unpaired) electrons. The van der Waals surface area contributed by atoms with Gasteiger partial charge in [0.25, 0.3) is 5.91 Å². The van der Waals surface area contributed by atoms with Crippen LogP contribution < -0.4 is 25.4 Å². The van der Waals surface area contributed by atoms with Crippen LogP contribution >= 0.6 is 23.2 Å². The first-order valence-electron chi connectivity index (χ1n) is 13.3. The number of sulfone groups is 1. The average molecular weight is 671 g/mol. The van der Waals surface area contributed by atoms with E-state index in [-0.39, 0.29) is 49.8 Å². The van der Waals surface area contributed by atoms with Crippen molar-refractivity contribution >= 4 is 62.5 Å².